The minimum atomic E-state index is 0.589. The highest BCUT2D eigenvalue weighted by Crippen LogP contribution is 2.36. The van der Waals surface area contributed by atoms with E-state index >= 15 is 0 Å². The zero-order valence-electron chi connectivity index (χ0n) is 13.2. The smallest absolute Gasteiger partial charge is 0.135 e. The van der Waals surface area contributed by atoms with Crippen molar-refractivity contribution in [1.29, 1.82) is 0 Å². The summed E-state index contributed by atoms with van der Waals surface area (Å²) in [4.78, 5) is 10.7. The number of halogens is 1. The first-order chi connectivity index (χ1) is 11.1. The number of rotatable bonds is 1. The van der Waals surface area contributed by atoms with Gasteiger partial charge in [-0.15, -0.1) is 11.3 Å². The van der Waals surface area contributed by atoms with Crippen LogP contribution in [0.25, 0.3) is 5.00 Å². The summed E-state index contributed by atoms with van der Waals surface area (Å²) in [6, 6.07) is 7.92. The summed E-state index contributed by atoms with van der Waals surface area (Å²) in [6.07, 6.45) is 1.92. The summed E-state index contributed by atoms with van der Waals surface area (Å²) in [5.41, 5.74) is 5.78. The number of aryl methyl sites for hydroxylation is 2. The third-order valence-electron chi connectivity index (χ3n) is 4.31. The maximum atomic E-state index is 6.04. The molecule has 0 amide bonds. The van der Waals surface area contributed by atoms with E-state index in [1.807, 2.05) is 41.8 Å². The maximum absolute atomic E-state index is 6.04. The SMILES string of the molecule is Cc1sc2c(c1C)C(c1ccc(Cl)cc1)=NCc1ncc(C)n1-2. The Labute approximate surface area is 144 Å². The van der Waals surface area contributed by atoms with Gasteiger partial charge in [-0.2, -0.15) is 0 Å². The Balaban J connectivity index is 2.00. The van der Waals surface area contributed by atoms with E-state index in [4.69, 9.17) is 16.6 Å². The number of thiophene rings is 1. The van der Waals surface area contributed by atoms with Gasteiger partial charge in [0.05, 0.1) is 12.3 Å². The van der Waals surface area contributed by atoms with Gasteiger partial charge in [0.2, 0.25) is 0 Å². The summed E-state index contributed by atoms with van der Waals surface area (Å²) < 4.78 is 2.24. The Hall–Kier alpha value is -1.91. The average molecular weight is 342 g/mol. The van der Waals surface area contributed by atoms with Gasteiger partial charge in [-0.25, -0.2) is 4.98 Å². The molecule has 23 heavy (non-hydrogen) atoms. The van der Waals surface area contributed by atoms with Gasteiger partial charge in [0.15, 0.2) is 0 Å². The van der Waals surface area contributed by atoms with Gasteiger partial charge in [-0.05, 0) is 38.5 Å². The zero-order valence-corrected chi connectivity index (χ0v) is 14.8. The topological polar surface area (TPSA) is 30.2 Å². The second-order valence-electron chi connectivity index (χ2n) is 5.79. The van der Waals surface area contributed by atoms with Crippen LogP contribution in [-0.2, 0) is 6.54 Å². The van der Waals surface area contributed by atoms with E-state index in [2.05, 4.69) is 30.3 Å². The molecule has 3 heterocycles. The predicted octanol–water partition coefficient (Wildman–Crippen LogP) is 4.86. The summed E-state index contributed by atoms with van der Waals surface area (Å²) >= 11 is 7.85. The lowest BCUT2D eigenvalue weighted by molar-refractivity contribution is 0.872. The van der Waals surface area contributed by atoms with E-state index in [1.165, 1.54) is 21.0 Å². The molecule has 0 unspecified atom stereocenters. The molecule has 0 N–H and O–H groups in total. The molecule has 1 aromatic carbocycles. The second-order valence-corrected chi connectivity index (χ2v) is 7.43. The summed E-state index contributed by atoms with van der Waals surface area (Å²) in [7, 11) is 0. The van der Waals surface area contributed by atoms with E-state index in [0.29, 0.717) is 6.54 Å². The van der Waals surface area contributed by atoms with Crippen molar-refractivity contribution in [2.24, 2.45) is 4.99 Å². The number of hydrogen-bond donors (Lipinski definition) is 0. The van der Waals surface area contributed by atoms with Crippen LogP contribution in [0.3, 0.4) is 0 Å². The highest BCUT2D eigenvalue weighted by molar-refractivity contribution is 7.15. The van der Waals surface area contributed by atoms with Crippen LogP contribution in [0.15, 0.2) is 35.5 Å². The average Bonchev–Trinajstić information content (AvgIpc) is 2.97. The lowest BCUT2D eigenvalue weighted by Crippen LogP contribution is -2.06. The molecule has 116 valence electrons. The molecule has 0 saturated heterocycles. The van der Waals surface area contributed by atoms with Crippen LogP contribution in [0.5, 0.6) is 0 Å². The number of aliphatic imine (C=N–C) groups is 1. The minimum Gasteiger partial charge on any atom is -0.290 e. The predicted molar refractivity (Wildman–Crippen MR) is 96.4 cm³/mol. The largest absolute Gasteiger partial charge is 0.290 e. The zero-order chi connectivity index (χ0) is 16.1. The van der Waals surface area contributed by atoms with Crippen LogP contribution in [0.1, 0.15) is 33.1 Å². The monoisotopic (exact) mass is 341 g/mol. The molecule has 2 aromatic heterocycles. The molecule has 3 aromatic rings. The lowest BCUT2D eigenvalue weighted by atomic mass is 10.00. The normalized spacial score (nSPS) is 13.3. The first-order valence-corrected chi connectivity index (χ1v) is 8.70. The summed E-state index contributed by atoms with van der Waals surface area (Å²) in [5, 5.41) is 1.96. The minimum absolute atomic E-state index is 0.589. The Morgan fingerprint density at radius 2 is 1.87 bits per heavy atom. The Morgan fingerprint density at radius 3 is 2.61 bits per heavy atom. The van der Waals surface area contributed by atoms with Crippen molar-refractivity contribution in [2.45, 2.75) is 27.3 Å². The van der Waals surface area contributed by atoms with Gasteiger partial charge in [-0.1, -0.05) is 23.7 Å². The highest BCUT2D eigenvalue weighted by Gasteiger charge is 2.25. The molecular weight excluding hydrogens is 326 g/mol. The van der Waals surface area contributed by atoms with E-state index in [0.717, 1.165) is 27.8 Å². The van der Waals surface area contributed by atoms with E-state index in [9.17, 15) is 0 Å². The molecule has 0 bridgehead atoms. The van der Waals surface area contributed by atoms with Crippen molar-refractivity contribution in [3.05, 3.63) is 68.6 Å². The van der Waals surface area contributed by atoms with Crippen molar-refractivity contribution < 1.29 is 0 Å². The van der Waals surface area contributed by atoms with Crippen LogP contribution in [0.4, 0.5) is 0 Å². The lowest BCUT2D eigenvalue weighted by Gasteiger charge is -2.09. The fraction of sp³-hybridized carbons (Fsp3) is 0.222. The fourth-order valence-corrected chi connectivity index (χ4v) is 4.36. The van der Waals surface area contributed by atoms with Crippen molar-refractivity contribution in [3.63, 3.8) is 0 Å². The highest BCUT2D eigenvalue weighted by atomic mass is 35.5. The number of imidazole rings is 1. The molecule has 5 heteroatoms. The van der Waals surface area contributed by atoms with Crippen LogP contribution in [0.2, 0.25) is 5.02 Å². The summed E-state index contributed by atoms with van der Waals surface area (Å²) in [5.74, 6) is 0.994. The number of hydrogen-bond acceptors (Lipinski definition) is 3. The van der Waals surface area contributed by atoms with Crippen molar-refractivity contribution in [1.82, 2.24) is 9.55 Å². The van der Waals surface area contributed by atoms with Gasteiger partial charge in [0.25, 0.3) is 0 Å². The van der Waals surface area contributed by atoms with Crippen LogP contribution >= 0.6 is 22.9 Å². The molecule has 0 aliphatic carbocycles. The molecule has 0 atom stereocenters. The fourth-order valence-electron chi connectivity index (χ4n) is 2.99. The van der Waals surface area contributed by atoms with Gasteiger partial charge in [0, 0.05) is 32.9 Å². The molecule has 0 radical (unpaired) electrons. The van der Waals surface area contributed by atoms with E-state index < -0.39 is 0 Å². The Morgan fingerprint density at radius 1 is 1.13 bits per heavy atom. The molecule has 4 rings (SSSR count). The Kier molecular flexibility index (Phi) is 3.39. The van der Waals surface area contributed by atoms with E-state index in [1.54, 1.807) is 0 Å². The first-order valence-electron chi connectivity index (χ1n) is 7.50. The second kappa shape index (κ2) is 5.32. The molecule has 3 nitrogen and oxygen atoms in total. The first kappa shape index (κ1) is 14.7. The maximum Gasteiger partial charge on any atom is 0.135 e. The number of fused-ring (bicyclic) bond motifs is 3. The van der Waals surface area contributed by atoms with Gasteiger partial charge >= 0.3 is 0 Å². The molecule has 1 aliphatic heterocycles. The third-order valence-corrected chi connectivity index (χ3v) is 5.76. The third kappa shape index (κ3) is 2.25. The molecule has 0 saturated carbocycles. The molecule has 1 aliphatic rings. The Bertz CT molecular complexity index is 932. The quantitative estimate of drug-likeness (QED) is 0.621. The standard InChI is InChI=1S/C18H16ClN3S/c1-10-8-20-15-9-21-17(13-4-6-14(19)7-5-13)16-11(2)12(3)23-18(16)22(10)15/h4-8H,9H2,1-3H3. The number of benzene rings is 1. The van der Waals surface area contributed by atoms with Gasteiger partial charge < -0.3 is 0 Å². The summed E-state index contributed by atoms with van der Waals surface area (Å²) in [6.45, 7) is 7.02. The van der Waals surface area contributed by atoms with Gasteiger partial charge in [0.1, 0.15) is 10.8 Å². The van der Waals surface area contributed by atoms with Gasteiger partial charge in [-0.3, -0.25) is 9.56 Å². The molecule has 0 spiro atoms. The molecule has 0 fully saturated rings. The number of aromatic nitrogens is 2. The molecular formula is C18H16ClN3S. The van der Waals surface area contributed by atoms with Crippen LogP contribution in [-0.4, -0.2) is 15.3 Å². The van der Waals surface area contributed by atoms with Crippen LogP contribution < -0.4 is 0 Å². The van der Waals surface area contributed by atoms with Crippen molar-refractivity contribution in [3.8, 4) is 5.00 Å². The van der Waals surface area contributed by atoms with Crippen molar-refractivity contribution in [2.75, 3.05) is 0 Å². The number of nitrogens with zero attached hydrogens (tertiary/aromatic N) is 3. The van der Waals surface area contributed by atoms with Crippen LogP contribution in [0, 0.1) is 20.8 Å². The van der Waals surface area contributed by atoms with E-state index in [-0.39, 0.29) is 0 Å². The van der Waals surface area contributed by atoms with Crippen molar-refractivity contribution >= 4 is 28.6 Å².